The van der Waals surface area contributed by atoms with Crippen LogP contribution in [-0.2, 0) is 9.59 Å². The van der Waals surface area contributed by atoms with E-state index < -0.39 is 42.4 Å². The van der Waals surface area contributed by atoms with Crippen molar-refractivity contribution in [3.05, 3.63) is 29.3 Å². The van der Waals surface area contributed by atoms with E-state index in [-0.39, 0.29) is 21.7 Å². The lowest BCUT2D eigenvalue weighted by Gasteiger charge is -2.27. The second-order valence-electron chi connectivity index (χ2n) is 4.10. The lowest BCUT2D eigenvalue weighted by Crippen LogP contribution is -2.54. The molecule has 1 saturated heterocycles. The van der Waals surface area contributed by atoms with Gasteiger partial charge in [0.25, 0.3) is 11.8 Å². The van der Waals surface area contributed by atoms with Crippen molar-refractivity contribution in [1.82, 2.24) is 10.2 Å². The number of carbonyl (C=O) groups is 4. The van der Waals surface area contributed by atoms with E-state index in [9.17, 15) is 19.2 Å². The summed E-state index contributed by atoms with van der Waals surface area (Å²) in [5.41, 5.74) is 5.00. The molecule has 1 aromatic carbocycles. The van der Waals surface area contributed by atoms with E-state index in [4.69, 9.17) is 12.6 Å². The van der Waals surface area contributed by atoms with Gasteiger partial charge in [-0.25, -0.2) is 0 Å². The van der Waals surface area contributed by atoms with Crippen molar-refractivity contribution >= 4 is 29.3 Å². The van der Waals surface area contributed by atoms with Crippen molar-refractivity contribution in [3.8, 4) is 0 Å². The van der Waals surface area contributed by atoms with E-state index in [1.54, 1.807) is 0 Å². The van der Waals surface area contributed by atoms with E-state index in [1.165, 1.54) is 23.5 Å². The Bertz CT molecular complexity index is 871. The third-order valence-electron chi connectivity index (χ3n) is 2.91. The highest BCUT2D eigenvalue weighted by Gasteiger charge is 2.45. The number of rotatable bonds is 1. The smallest absolute Gasteiger partial charge is 0.264 e. The lowest BCUT2D eigenvalue weighted by molar-refractivity contribution is -0.136. The minimum absolute atomic E-state index is 0.00757. The molecule has 2 aliphatic heterocycles. The molecule has 3 N–H and O–H groups in total. The van der Waals surface area contributed by atoms with Gasteiger partial charge in [-0.2, -0.15) is 0 Å². The van der Waals surface area contributed by atoms with E-state index >= 15 is 0 Å². The summed E-state index contributed by atoms with van der Waals surface area (Å²) in [6.07, 6.45) is -6.86. The Balaban J connectivity index is 2.24. The van der Waals surface area contributed by atoms with Gasteiger partial charge in [-0.1, -0.05) is 6.07 Å². The fourth-order valence-electron chi connectivity index (χ4n) is 2.04. The maximum absolute atomic E-state index is 12.6. The van der Waals surface area contributed by atoms with Gasteiger partial charge in [0.15, 0.2) is 0 Å². The third-order valence-corrected chi connectivity index (χ3v) is 2.91. The Kier molecular flexibility index (Phi) is 1.62. The monoisotopic (exact) mass is 278 g/mol. The van der Waals surface area contributed by atoms with Crippen LogP contribution in [0.4, 0.5) is 5.69 Å². The van der Waals surface area contributed by atoms with Gasteiger partial charge >= 0.3 is 0 Å². The molecule has 1 fully saturated rings. The van der Waals surface area contributed by atoms with Crippen LogP contribution in [0.5, 0.6) is 0 Å². The first-order valence-corrected chi connectivity index (χ1v) is 5.52. The molecular formula is C13H11N3O4. The van der Waals surface area contributed by atoms with Crippen molar-refractivity contribution in [3.63, 3.8) is 0 Å². The molecule has 0 bridgehead atoms. The van der Waals surface area contributed by atoms with Gasteiger partial charge in [-0.3, -0.25) is 29.4 Å². The van der Waals surface area contributed by atoms with Crippen LogP contribution in [0, 0.1) is 0 Å². The molecule has 1 atom stereocenters. The average molecular weight is 278 g/mol. The number of piperidine rings is 1. The fraction of sp³-hybridized carbons (Fsp3) is 0.231. The summed E-state index contributed by atoms with van der Waals surface area (Å²) in [4.78, 5) is 49.1. The number of hydrogen-bond donors (Lipinski definition) is 2. The van der Waals surface area contributed by atoms with Crippen LogP contribution in [0.25, 0.3) is 0 Å². The number of nitrogens with two attached hydrogens (primary N) is 1. The first kappa shape index (κ1) is 7.78. The zero-order chi connectivity index (χ0) is 18.9. The molecular weight excluding hydrogens is 262 g/mol. The van der Waals surface area contributed by atoms with E-state index in [0.29, 0.717) is 0 Å². The van der Waals surface area contributed by atoms with Crippen molar-refractivity contribution in [2.24, 2.45) is 0 Å². The van der Waals surface area contributed by atoms with Crippen molar-refractivity contribution in [2.75, 3.05) is 5.73 Å². The van der Waals surface area contributed by atoms with Gasteiger partial charge in [0.1, 0.15) is 6.02 Å². The molecule has 0 saturated carbocycles. The summed E-state index contributed by atoms with van der Waals surface area (Å²) in [6.45, 7) is 0. The molecule has 102 valence electrons. The maximum Gasteiger partial charge on any atom is 0.264 e. The molecule has 4 amide bonds. The molecule has 3 rings (SSSR count). The summed E-state index contributed by atoms with van der Waals surface area (Å²) in [5, 5.41) is 1.52. The molecule has 0 spiro atoms. The van der Waals surface area contributed by atoms with E-state index in [1.807, 2.05) is 0 Å². The van der Waals surface area contributed by atoms with Gasteiger partial charge in [0.05, 0.1) is 12.5 Å². The summed E-state index contributed by atoms with van der Waals surface area (Å²) in [5.74, 6) is -5.60. The lowest BCUT2D eigenvalue weighted by atomic mass is 10.0. The number of nitrogens with zero attached hydrogens (tertiary/aromatic N) is 1. The molecule has 2 heterocycles. The molecule has 7 nitrogen and oxygen atoms in total. The van der Waals surface area contributed by atoms with Gasteiger partial charge in [-0.05, 0) is 18.5 Å². The summed E-state index contributed by atoms with van der Waals surface area (Å²) < 4.78 is 39.3. The number of fused-ring (bicyclic) bond motifs is 1. The van der Waals surface area contributed by atoms with Crippen LogP contribution >= 0.6 is 0 Å². The van der Waals surface area contributed by atoms with Crippen LogP contribution in [0.2, 0.25) is 0 Å². The number of nitrogen functional groups attached to an aromatic ring is 1. The number of nitrogens with one attached hydrogen (secondary N) is 1. The first-order valence-electron chi connectivity index (χ1n) is 8.02. The predicted molar refractivity (Wildman–Crippen MR) is 67.5 cm³/mol. The topological polar surface area (TPSA) is 110 Å². The summed E-state index contributed by atoms with van der Waals surface area (Å²) in [6, 6.07) is 0.537. The number of amides is 4. The normalized spacial score (nSPS) is 34.4. The van der Waals surface area contributed by atoms with Crippen molar-refractivity contribution in [1.29, 1.82) is 0 Å². The van der Waals surface area contributed by atoms with Gasteiger partial charge in [0, 0.05) is 17.5 Å². The average Bonchev–Trinajstić information content (AvgIpc) is 2.77. The van der Waals surface area contributed by atoms with Crippen LogP contribution in [0.15, 0.2) is 18.2 Å². The fourth-order valence-corrected chi connectivity index (χ4v) is 2.04. The standard InChI is InChI=1S/C13H11N3O4/c14-7-3-1-2-6-10(7)13(20)16(12(6)19)8-4-5-9(17)15-11(8)18/h1-3,8H,4-5,14H2,(H,15,17,18)/i4D2,5D2,8D. The second-order valence-corrected chi connectivity index (χ2v) is 4.10. The van der Waals surface area contributed by atoms with Crippen molar-refractivity contribution in [2.45, 2.75) is 18.8 Å². The second kappa shape index (κ2) is 4.16. The Morgan fingerprint density at radius 3 is 2.75 bits per heavy atom. The Morgan fingerprint density at radius 1 is 1.30 bits per heavy atom. The Hall–Kier alpha value is -2.70. The van der Waals surface area contributed by atoms with Crippen LogP contribution < -0.4 is 11.1 Å². The van der Waals surface area contributed by atoms with Crippen LogP contribution in [-0.4, -0.2) is 34.5 Å². The Labute approximate surface area is 120 Å². The van der Waals surface area contributed by atoms with Crippen LogP contribution in [0.1, 0.15) is 40.3 Å². The number of benzene rings is 1. The van der Waals surface area contributed by atoms with E-state index in [2.05, 4.69) is 0 Å². The molecule has 20 heavy (non-hydrogen) atoms. The Morgan fingerprint density at radius 2 is 2.05 bits per heavy atom. The van der Waals surface area contributed by atoms with Gasteiger partial charge in [-0.15, -0.1) is 0 Å². The number of anilines is 1. The third kappa shape index (κ3) is 1.59. The number of imide groups is 2. The quantitative estimate of drug-likeness (QED) is 0.540. The molecule has 0 aliphatic carbocycles. The molecule has 1 unspecified atom stereocenters. The molecule has 2 aliphatic rings. The SMILES string of the molecule is [2H]C1([2H])C(=O)NC(=O)C([2H])(N2C(=O)c3cccc(N)c3C2=O)C1([2H])[2H]. The summed E-state index contributed by atoms with van der Waals surface area (Å²) >= 11 is 0. The van der Waals surface area contributed by atoms with Crippen molar-refractivity contribution < 1.29 is 26.0 Å². The predicted octanol–water partition coefficient (Wildman–Crippen LogP) is -0.330. The minimum atomic E-state index is -3.51. The van der Waals surface area contributed by atoms with Crippen LogP contribution in [0.3, 0.4) is 0 Å². The highest BCUT2D eigenvalue weighted by atomic mass is 16.2. The largest absolute Gasteiger partial charge is 0.398 e. The minimum Gasteiger partial charge on any atom is -0.398 e. The molecule has 0 aromatic heterocycles. The molecule has 1 aromatic rings. The molecule has 7 heteroatoms. The molecule has 0 radical (unpaired) electrons. The van der Waals surface area contributed by atoms with Gasteiger partial charge < -0.3 is 5.73 Å². The first-order chi connectivity index (χ1) is 11.4. The number of hydrogen-bond acceptors (Lipinski definition) is 5. The van der Waals surface area contributed by atoms with Gasteiger partial charge in [0.2, 0.25) is 11.8 Å². The van der Waals surface area contributed by atoms with E-state index in [0.717, 1.165) is 0 Å². The maximum atomic E-state index is 12.6. The highest BCUT2D eigenvalue weighted by molar-refractivity contribution is 6.25. The number of carbonyl (C=O) groups excluding carboxylic acids is 4. The highest BCUT2D eigenvalue weighted by Crippen LogP contribution is 2.30. The zero-order valence-corrected chi connectivity index (χ0v) is 9.89. The summed E-state index contributed by atoms with van der Waals surface area (Å²) in [7, 11) is 0. The zero-order valence-electron chi connectivity index (χ0n) is 14.9.